The van der Waals surface area contributed by atoms with Crippen LogP contribution in [-0.4, -0.2) is 26.3 Å². The summed E-state index contributed by atoms with van der Waals surface area (Å²) in [6.07, 6.45) is 0. The van der Waals surface area contributed by atoms with Gasteiger partial charge in [-0.05, 0) is 22.4 Å². The molecule has 2 nitrogen and oxygen atoms in total. The lowest BCUT2D eigenvalue weighted by atomic mass is 10.1. The van der Waals surface area contributed by atoms with Crippen molar-refractivity contribution in [2.24, 2.45) is 0 Å². The van der Waals surface area contributed by atoms with Crippen molar-refractivity contribution in [2.45, 2.75) is 0 Å². The lowest BCUT2D eigenvalue weighted by molar-refractivity contribution is 0.123. The second-order valence-electron chi connectivity index (χ2n) is 3.71. The molecule has 0 saturated carbocycles. The molecule has 1 saturated heterocycles. The monoisotopic (exact) mass is 250 g/mol. The van der Waals surface area contributed by atoms with Crippen molar-refractivity contribution >= 4 is 28.4 Å². The van der Waals surface area contributed by atoms with E-state index in [1.807, 2.05) is 0 Å². The molecule has 0 bridgehead atoms. The van der Waals surface area contributed by atoms with Crippen LogP contribution in [0.1, 0.15) is 0 Å². The average molecular weight is 250 g/mol. The number of morpholine rings is 1. The first-order valence-electron chi connectivity index (χ1n) is 5.29. The molecule has 0 unspecified atom stereocenters. The summed E-state index contributed by atoms with van der Waals surface area (Å²) >= 11 is 3.40. The van der Waals surface area contributed by atoms with Crippen LogP contribution in [0.5, 0.6) is 0 Å². The van der Waals surface area contributed by atoms with Gasteiger partial charge in [0.05, 0.1) is 24.3 Å². The third kappa shape index (κ3) is 1.88. The highest BCUT2D eigenvalue weighted by molar-refractivity contribution is 7.09. The minimum Gasteiger partial charge on any atom is -0.378 e. The molecule has 0 amide bonds. The van der Waals surface area contributed by atoms with Crippen molar-refractivity contribution in [3.05, 3.63) is 27.6 Å². The summed E-state index contributed by atoms with van der Waals surface area (Å²) in [5, 5.41) is 9.88. The number of anilines is 1. The molecule has 1 aliphatic rings. The molecule has 1 fully saturated rings. The highest BCUT2D eigenvalue weighted by atomic mass is 32.1. The Balaban J connectivity index is 1.92. The van der Waals surface area contributed by atoms with Gasteiger partial charge in [0.15, 0.2) is 0 Å². The van der Waals surface area contributed by atoms with E-state index in [2.05, 4.69) is 32.5 Å². The van der Waals surface area contributed by atoms with E-state index in [4.69, 9.17) is 4.74 Å². The van der Waals surface area contributed by atoms with Crippen LogP contribution in [0.25, 0.3) is 11.1 Å². The fourth-order valence-electron chi connectivity index (χ4n) is 1.90. The van der Waals surface area contributed by atoms with Gasteiger partial charge in [0.25, 0.3) is 0 Å². The lowest BCUT2D eigenvalue weighted by Gasteiger charge is -2.28. The Morgan fingerprint density at radius 2 is 2.12 bits per heavy atom. The molecule has 0 aromatic carbocycles. The molecule has 2 aromatic rings. The van der Waals surface area contributed by atoms with Gasteiger partial charge < -0.3 is 9.64 Å². The second kappa shape index (κ2) is 4.57. The van der Waals surface area contributed by atoms with E-state index < -0.39 is 0 Å². The smallest absolute Gasteiger partial charge is 0.0704 e. The fraction of sp³-hybridized carbons (Fsp3) is 0.333. The van der Waals surface area contributed by atoms with Crippen molar-refractivity contribution in [2.75, 3.05) is 31.2 Å². The zero-order chi connectivity index (χ0) is 10.8. The van der Waals surface area contributed by atoms with Gasteiger partial charge >= 0.3 is 0 Å². The van der Waals surface area contributed by atoms with E-state index in [0.717, 1.165) is 26.3 Å². The molecule has 0 spiro atoms. The number of ether oxygens (including phenoxy) is 1. The molecule has 16 heavy (non-hydrogen) atoms. The van der Waals surface area contributed by atoms with Crippen LogP contribution in [0.4, 0.5) is 5.69 Å². The van der Waals surface area contributed by atoms with Crippen LogP contribution in [0.3, 0.4) is 0 Å². The van der Waals surface area contributed by atoms with Crippen LogP contribution >= 0.6 is 22.7 Å². The first kappa shape index (κ1) is 10.3. The summed E-state index contributed by atoms with van der Waals surface area (Å²) in [7, 11) is 0. The third-order valence-corrected chi connectivity index (χ3v) is 4.09. The second-order valence-corrected chi connectivity index (χ2v) is 5.17. The standard InChI is InChI=1S/C12H12NOS2/c1-6-15-7-10(1)11-8-16-9-12(11)13-2-4-14-5-3-13/h1,6-8H,2-5H2. The van der Waals surface area contributed by atoms with Gasteiger partial charge in [0.2, 0.25) is 0 Å². The number of rotatable bonds is 2. The van der Waals surface area contributed by atoms with Crippen molar-refractivity contribution < 1.29 is 4.74 Å². The van der Waals surface area contributed by atoms with E-state index in [1.165, 1.54) is 16.8 Å². The third-order valence-electron chi connectivity index (χ3n) is 2.75. The van der Waals surface area contributed by atoms with Gasteiger partial charge in [0, 0.05) is 24.0 Å². The Hall–Kier alpha value is -0.840. The maximum absolute atomic E-state index is 5.38. The number of nitrogens with zero attached hydrogens (tertiary/aromatic N) is 1. The Bertz CT molecular complexity index is 443. The lowest BCUT2D eigenvalue weighted by Crippen LogP contribution is -2.36. The molecule has 0 aliphatic carbocycles. The molecule has 0 atom stereocenters. The van der Waals surface area contributed by atoms with E-state index in [9.17, 15) is 0 Å². The molecule has 3 rings (SSSR count). The quantitative estimate of drug-likeness (QED) is 0.812. The molecule has 0 N–H and O–H groups in total. The summed E-state index contributed by atoms with van der Waals surface area (Å²) in [5.41, 5.74) is 3.86. The zero-order valence-corrected chi connectivity index (χ0v) is 10.4. The predicted molar refractivity (Wildman–Crippen MR) is 69.5 cm³/mol. The normalized spacial score (nSPS) is 16.6. The molecule has 3 heterocycles. The van der Waals surface area contributed by atoms with Gasteiger partial charge in [-0.3, -0.25) is 0 Å². The minimum atomic E-state index is 0.826. The summed E-state index contributed by atoms with van der Waals surface area (Å²) in [6.45, 7) is 3.61. The summed E-state index contributed by atoms with van der Waals surface area (Å²) in [6, 6.07) is 2.17. The molecule has 83 valence electrons. The van der Waals surface area contributed by atoms with Crippen LogP contribution in [0.2, 0.25) is 0 Å². The summed E-state index contributed by atoms with van der Waals surface area (Å²) in [4.78, 5) is 2.37. The van der Waals surface area contributed by atoms with Crippen molar-refractivity contribution in [1.29, 1.82) is 0 Å². The van der Waals surface area contributed by atoms with Crippen molar-refractivity contribution in [3.63, 3.8) is 0 Å². The Kier molecular flexibility index (Phi) is 2.95. The van der Waals surface area contributed by atoms with E-state index in [0.29, 0.717) is 0 Å². The Labute approximate surface area is 103 Å². The van der Waals surface area contributed by atoms with Gasteiger partial charge in [-0.15, -0.1) is 11.3 Å². The number of hydrogen-bond acceptors (Lipinski definition) is 4. The van der Waals surface area contributed by atoms with Gasteiger partial charge in [-0.25, -0.2) is 0 Å². The molecular formula is C12H12NOS2. The maximum Gasteiger partial charge on any atom is 0.0704 e. The molecule has 1 aliphatic heterocycles. The van der Waals surface area contributed by atoms with Crippen LogP contribution < -0.4 is 4.90 Å². The van der Waals surface area contributed by atoms with Gasteiger partial charge in [-0.1, -0.05) is 0 Å². The van der Waals surface area contributed by atoms with E-state index >= 15 is 0 Å². The van der Waals surface area contributed by atoms with Crippen molar-refractivity contribution in [1.82, 2.24) is 0 Å². The molecular weight excluding hydrogens is 238 g/mol. The minimum absolute atomic E-state index is 0.826. The van der Waals surface area contributed by atoms with Crippen LogP contribution in [0, 0.1) is 5.38 Å². The van der Waals surface area contributed by atoms with Gasteiger partial charge in [-0.2, -0.15) is 11.3 Å². The SMILES string of the molecule is [c]1scc(-c2ccsc2)c1N1CCOCC1. The summed E-state index contributed by atoms with van der Waals surface area (Å²) < 4.78 is 5.38. The topological polar surface area (TPSA) is 12.5 Å². The zero-order valence-electron chi connectivity index (χ0n) is 8.81. The molecule has 4 heteroatoms. The number of hydrogen-bond donors (Lipinski definition) is 0. The van der Waals surface area contributed by atoms with Crippen LogP contribution in [0.15, 0.2) is 22.2 Å². The van der Waals surface area contributed by atoms with E-state index in [1.54, 1.807) is 22.7 Å². The highest BCUT2D eigenvalue weighted by Gasteiger charge is 2.16. The van der Waals surface area contributed by atoms with Crippen LogP contribution in [-0.2, 0) is 4.74 Å². The first-order valence-corrected chi connectivity index (χ1v) is 7.12. The molecule has 2 aromatic heterocycles. The largest absolute Gasteiger partial charge is 0.378 e. The average Bonchev–Trinajstić information content (AvgIpc) is 3.01. The highest BCUT2D eigenvalue weighted by Crippen LogP contribution is 2.35. The van der Waals surface area contributed by atoms with E-state index in [-0.39, 0.29) is 0 Å². The number of thiophene rings is 2. The maximum atomic E-state index is 5.38. The Morgan fingerprint density at radius 1 is 1.25 bits per heavy atom. The van der Waals surface area contributed by atoms with Gasteiger partial charge in [0.1, 0.15) is 0 Å². The first-order chi connectivity index (χ1) is 7.95. The molecule has 1 radical (unpaired) electrons. The summed E-state index contributed by atoms with van der Waals surface area (Å²) in [5.74, 6) is 0. The van der Waals surface area contributed by atoms with Crippen molar-refractivity contribution in [3.8, 4) is 11.1 Å². The fourth-order valence-corrected chi connectivity index (χ4v) is 3.33. The Morgan fingerprint density at radius 3 is 2.88 bits per heavy atom. The predicted octanol–water partition coefficient (Wildman–Crippen LogP) is 3.11.